The summed E-state index contributed by atoms with van der Waals surface area (Å²) in [6.45, 7) is 11.5. The predicted molar refractivity (Wildman–Crippen MR) is 87.6 cm³/mol. The smallest absolute Gasteiger partial charge is 0.347 e. The first kappa shape index (κ1) is 16.3. The molecule has 0 aliphatic heterocycles. The Balaban J connectivity index is 2.30. The fourth-order valence-corrected chi connectivity index (χ4v) is 3.52. The van der Waals surface area contributed by atoms with Gasteiger partial charge in [0.2, 0.25) is 0 Å². The maximum absolute atomic E-state index is 11.5. The molecule has 1 aromatic heterocycles. The normalized spacial score (nSPS) is 15.5. The third-order valence-corrected chi connectivity index (χ3v) is 4.78. The van der Waals surface area contributed by atoms with Gasteiger partial charge in [-0.05, 0) is 25.2 Å². The highest BCUT2D eigenvalue weighted by atomic mass is 32.1. The van der Waals surface area contributed by atoms with Crippen molar-refractivity contribution >= 4 is 22.4 Å². The lowest BCUT2D eigenvalue weighted by molar-refractivity contribution is 0.0699. The molecule has 1 aliphatic rings. The van der Waals surface area contributed by atoms with Gasteiger partial charge in [0.1, 0.15) is 4.88 Å². The number of carbonyl (C=O) groups is 1. The molecule has 0 radical (unpaired) electrons. The Hall–Kier alpha value is -1.10. The molecule has 0 bridgehead atoms. The van der Waals surface area contributed by atoms with Crippen LogP contribution in [0.25, 0.3) is 0 Å². The summed E-state index contributed by atoms with van der Waals surface area (Å²) in [6.07, 6.45) is 3.51. The topological polar surface area (TPSA) is 53.4 Å². The van der Waals surface area contributed by atoms with E-state index < -0.39 is 5.97 Å². The zero-order chi connectivity index (χ0) is 15.8. The summed E-state index contributed by atoms with van der Waals surface area (Å²) in [7, 11) is 0. The highest BCUT2D eigenvalue weighted by Gasteiger charge is 2.34. The van der Waals surface area contributed by atoms with E-state index in [0.717, 1.165) is 18.1 Å². The molecule has 1 saturated carbocycles. The molecular weight excluding hydrogens is 284 g/mol. The fraction of sp³-hybridized carbons (Fsp3) is 0.750. The summed E-state index contributed by atoms with van der Waals surface area (Å²) in [6, 6.07) is 0.560. The van der Waals surface area contributed by atoms with Gasteiger partial charge in [-0.3, -0.25) is 0 Å². The number of carboxylic acids is 1. The van der Waals surface area contributed by atoms with Crippen LogP contribution in [-0.2, 0) is 5.41 Å². The minimum absolute atomic E-state index is 0.240. The number of carboxylic acid groups (broad SMARTS) is 1. The summed E-state index contributed by atoms with van der Waals surface area (Å²) >= 11 is 1.34. The first-order valence-electron chi connectivity index (χ1n) is 7.71. The van der Waals surface area contributed by atoms with Gasteiger partial charge in [0.05, 0.1) is 5.69 Å². The Labute approximate surface area is 131 Å². The number of hydrogen-bond donors (Lipinski definition) is 1. The zero-order valence-electron chi connectivity index (χ0n) is 13.6. The molecule has 0 saturated heterocycles. The highest BCUT2D eigenvalue weighted by molar-refractivity contribution is 7.17. The second kappa shape index (κ2) is 5.95. The predicted octanol–water partition coefficient (Wildman–Crippen LogP) is 4.15. The van der Waals surface area contributed by atoms with Crippen molar-refractivity contribution in [3.05, 3.63) is 10.6 Å². The molecule has 0 unspecified atom stereocenters. The third-order valence-electron chi connectivity index (χ3n) is 3.70. The van der Waals surface area contributed by atoms with Gasteiger partial charge in [0.15, 0.2) is 5.13 Å². The van der Waals surface area contributed by atoms with Crippen molar-refractivity contribution in [1.29, 1.82) is 0 Å². The van der Waals surface area contributed by atoms with Gasteiger partial charge in [-0.2, -0.15) is 0 Å². The molecule has 118 valence electrons. The van der Waals surface area contributed by atoms with E-state index in [4.69, 9.17) is 4.98 Å². The van der Waals surface area contributed by atoms with Crippen LogP contribution in [0.1, 0.15) is 69.2 Å². The molecule has 0 spiro atoms. The standard InChI is InChI=1S/C16H26N2O2S/c1-10(2)8-9-18(11-6-7-11)15-17-13(16(3,4)5)12(21-15)14(19)20/h10-11H,6-9H2,1-5H3,(H,19,20). The lowest BCUT2D eigenvalue weighted by atomic mass is 9.91. The van der Waals surface area contributed by atoms with E-state index >= 15 is 0 Å². The number of nitrogens with zero attached hydrogens (tertiary/aromatic N) is 2. The number of aromatic nitrogens is 1. The van der Waals surface area contributed by atoms with Gasteiger partial charge < -0.3 is 10.0 Å². The third kappa shape index (κ3) is 3.96. The first-order valence-corrected chi connectivity index (χ1v) is 8.53. The van der Waals surface area contributed by atoms with Crippen LogP contribution in [0.2, 0.25) is 0 Å². The van der Waals surface area contributed by atoms with Gasteiger partial charge in [0, 0.05) is 18.0 Å². The second-order valence-corrected chi connectivity index (χ2v) is 8.31. The summed E-state index contributed by atoms with van der Waals surface area (Å²) in [5.41, 5.74) is 0.473. The van der Waals surface area contributed by atoms with Crippen molar-refractivity contribution in [3.63, 3.8) is 0 Å². The molecule has 1 fully saturated rings. The number of anilines is 1. The van der Waals surface area contributed by atoms with Gasteiger partial charge in [-0.15, -0.1) is 0 Å². The van der Waals surface area contributed by atoms with Crippen molar-refractivity contribution in [2.24, 2.45) is 5.92 Å². The van der Waals surface area contributed by atoms with Gasteiger partial charge in [0.25, 0.3) is 0 Å². The van der Waals surface area contributed by atoms with Gasteiger partial charge in [-0.25, -0.2) is 9.78 Å². The van der Waals surface area contributed by atoms with Gasteiger partial charge >= 0.3 is 5.97 Å². The minimum Gasteiger partial charge on any atom is -0.477 e. The van der Waals surface area contributed by atoms with Gasteiger partial charge in [-0.1, -0.05) is 46.0 Å². The number of thiazole rings is 1. The van der Waals surface area contributed by atoms with Crippen molar-refractivity contribution in [2.45, 2.75) is 65.3 Å². The molecule has 1 aromatic rings. The molecular formula is C16H26N2O2S. The molecule has 21 heavy (non-hydrogen) atoms. The number of aromatic carboxylic acids is 1. The van der Waals surface area contributed by atoms with E-state index in [9.17, 15) is 9.90 Å². The quantitative estimate of drug-likeness (QED) is 0.857. The van der Waals surface area contributed by atoms with Crippen molar-refractivity contribution < 1.29 is 9.90 Å². The number of hydrogen-bond acceptors (Lipinski definition) is 4. The SMILES string of the molecule is CC(C)CCN(c1nc(C(C)(C)C)c(C(=O)O)s1)C1CC1. The lowest BCUT2D eigenvalue weighted by Crippen LogP contribution is -2.27. The van der Waals surface area contributed by atoms with Crippen LogP contribution in [0.4, 0.5) is 5.13 Å². The average molecular weight is 310 g/mol. The maximum atomic E-state index is 11.5. The Bertz CT molecular complexity index is 513. The largest absolute Gasteiger partial charge is 0.477 e. The number of rotatable bonds is 6. The van der Waals surface area contributed by atoms with Crippen LogP contribution in [0.15, 0.2) is 0 Å². The molecule has 0 atom stereocenters. The summed E-state index contributed by atoms with van der Waals surface area (Å²) < 4.78 is 0. The van der Waals surface area contributed by atoms with E-state index in [0.29, 0.717) is 22.5 Å². The van der Waals surface area contributed by atoms with E-state index in [1.165, 1.54) is 24.2 Å². The molecule has 5 heteroatoms. The zero-order valence-corrected chi connectivity index (χ0v) is 14.5. The Morgan fingerprint density at radius 1 is 1.43 bits per heavy atom. The van der Waals surface area contributed by atoms with E-state index in [1.54, 1.807) is 0 Å². The summed E-state index contributed by atoms with van der Waals surface area (Å²) in [4.78, 5) is 18.9. The Kier molecular flexibility index (Phi) is 4.61. The van der Waals surface area contributed by atoms with Crippen LogP contribution in [-0.4, -0.2) is 28.6 Å². The van der Waals surface area contributed by atoms with Crippen LogP contribution in [0, 0.1) is 5.92 Å². The molecule has 0 amide bonds. The Morgan fingerprint density at radius 3 is 2.43 bits per heavy atom. The molecule has 1 N–H and O–H groups in total. The summed E-state index contributed by atoms with van der Waals surface area (Å²) in [5, 5.41) is 10.3. The fourth-order valence-electron chi connectivity index (χ4n) is 2.30. The van der Waals surface area contributed by atoms with Crippen LogP contribution >= 0.6 is 11.3 Å². The van der Waals surface area contributed by atoms with Crippen LogP contribution in [0.3, 0.4) is 0 Å². The van der Waals surface area contributed by atoms with Crippen LogP contribution < -0.4 is 4.90 Å². The average Bonchev–Trinajstić information content (AvgIpc) is 3.05. The molecule has 1 heterocycles. The lowest BCUT2D eigenvalue weighted by Gasteiger charge is -2.23. The van der Waals surface area contributed by atoms with Crippen LogP contribution in [0.5, 0.6) is 0 Å². The van der Waals surface area contributed by atoms with E-state index in [2.05, 4.69) is 18.7 Å². The highest BCUT2D eigenvalue weighted by Crippen LogP contribution is 2.38. The van der Waals surface area contributed by atoms with E-state index in [-0.39, 0.29) is 5.41 Å². The Morgan fingerprint density at radius 2 is 2.05 bits per heavy atom. The first-order chi connectivity index (χ1) is 9.70. The maximum Gasteiger partial charge on any atom is 0.347 e. The van der Waals surface area contributed by atoms with Crippen molar-refractivity contribution in [2.75, 3.05) is 11.4 Å². The molecule has 1 aliphatic carbocycles. The van der Waals surface area contributed by atoms with Crippen molar-refractivity contribution in [1.82, 2.24) is 4.98 Å². The van der Waals surface area contributed by atoms with Crippen molar-refractivity contribution in [3.8, 4) is 0 Å². The monoisotopic (exact) mass is 310 g/mol. The van der Waals surface area contributed by atoms with E-state index in [1.807, 2.05) is 20.8 Å². The minimum atomic E-state index is -0.858. The molecule has 0 aromatic carbocycles. The molecule has 2 rings (SSSR count). The molecule has 4 nitrogen and oxygen atoms in total. The second-order valence-electron chi connectivity index (χ2n) is 7.34. The summed E-state index contributed by atoms with van der Waals surface area (Å²) in [5.74, 6) is -0.212.